The molecule has 4 nitrogen and oxygen atoms in total. The van der Waals surface area contributed by atoms with Crippen LogP contribution in [0, 0.1) is 17.6 Å². The molecule has 4 rings (SSSR count). The van der Waals surface area contributed by atoms with Gasteiger partial charge < -0.3 is 10.1 Å². The van der Waals surface area contributed by atoms with Crippen molar-refractivity contribution in [3.05, 3.63) is 84.2 Å². The van der Waals surface area contributed by atoms with Crippen molar-refractivity contribution >= 4 is 11.6 Å². The van der Waals surface area contributed by atoms with Gasteiger partial charge in [0.15, 0.2) is 0 Å². The highest BCUT2D eigenvalue weighted by molar-refractivity contribution is 5.93. The number of hydrogen-bond acceptors (Lipinski definition) is 3. The normalized spacial score (nSPS) is 19.8. The molecule has 0 unspecified atom stereocenters. The molecule has 0 spiro atoms. The Hall–Kier alpha value is -3.12. The average Bonchev–Trinajstić information content (AvgIpc) is 3.25. The van der Waals surface area contributed by atoms with E-state index >= 15 is 0 Å². The van der Waals surface area contributed by atoms with Crippen LogP contribution in [0.5, 0.6) is 0 Å². The lowest BCUT2D eigenvalue weighted by molar-refractivity contribution is -0.124. The first kappa shape index (κ1) is 23.1. The molecule has 33 heavy (non-hydrogen) atoms. The largest absolute Gasteiger partial charge is 0.375 e. The monoisotopic (exact) mass is 450 g/mol. The van der Waals surface area contributed by atoms with Crippen LogP contribution in [0.1, 0.15) is 44.6 Å². The summed E-state index contributed by atoms with van der Waals surface area (Å²) in [4.78, 5) is 17.5. The standard InChI is InChI=1S/C27H28F2N2O2/c1-3-20(25(18-11-14-30-15-12-18)27(2)13-6-16-33-27)26(32)31-19-9-10-22(24(29)17-19)21-7-4-5-8-23(21)28/h4-5,7-12,14-15,17,20,25H,3,6,13,16H2,1-2H3,(H,31,32)/t20-,25-,27-/m0/s1. The number of nitrogens with one attached hydrogen (secondary N) is 1. The van der Waals surface area contributed by atoms with E-state index in [0.29, 0.717) is 18.7 Å². The van der Waals surface area contributed by atoms with Crippen molar-refractivity contribution in [2.24, 2.45) is 5.92 Å². The second kappa shape index (κ2) is 9.79. The average molecular weight is 451 g/mol. The fourth-order valence-corrected chi connectivity index (χ4v) is 4.93. The first-order chi connectivity index (χ1) is 15.9. The van der Waals surface area contributed by atoms with Crippen molar-refractivity contribution in [3.8, 4) is 11.1 Å². The van der Waals surface area contributed by atoms with Crippen LogP contribution in [0.4, 0.5) is 14.5 Å². The summed E-state index contributed by atoms with van der Waals surface area (Å²) in [7, 11) is 0. The molecule has 1 amide bonds. The Morgan fingerprint density at radius 3 is 2.45 bits per heavy atom. The molecule has 3 aromatic rings. The molecule has 6 heteroatoms. The summed E-state index contributed by atoms with van der Waals surface area (Å²) in [6, 6.07) is 14.2. The van der Waals surface area contributed by atoms with Crippen LogP contribution in [0.2, 0.25) is 0 Å². The van der Waals surface area contributed by atoms with E-state index in [0.717, 1.165) is 18.4 Å². The number of halogens is 2. The molecule has 0 saturated carbocycles. The van der Waals surface area contributed by atoms with Gasteiger partial charge in [-0.05, 0) is 68.1 Å². The molecule has 1 aromatic heterocycles. The van der Waals surface area contributed by atoms with E-state index in [2.05, 4.69) is 17.2 Å². The number of carbonyl (C=O) groups is 1. The lowest BCUT2D eigenvalue weighted by atomic mass is 9.72. The lowest BCUT2D eigenvalue weighted by Gasteiger charge is -2.38. The Bertz CT molecular complexity index is 1110. The first-order valence-electron chi connectivity index (χ1n) is 11.3. The topological polar surface area (TPSA) is 51.2 Å². The van der Waals surface area contributed by atoms with E-state index in [4.69, 9.17) is 4.74 Å². The minimum atomic E-state index is -0.595. The van der Waals surface area contributed by atoms with Crippen LogP contribution < -0.4 is 5.32 Å². The Labute approximate surface area is 193 Å². The number of ether oxygens (including phenoxy) is 1. The van der Waals surface area contributed by atoms with Crippen molar-refractivity contribution < 1.29 is 18.3 Å². The van der Waals surface area contributed by atoms with E-state index in [-0.39, 0.29) is 28.9 Å². The number of anilines is 1. The minimum absolute atomic E-state index is 0.152. The fourth-order valence-electron chi connectivity index (χ4n) is 4.93. The third kappa shape index (κ3) is 4.81. The van der Waals surface area contributed by atoms with Crippen LogP contribution in [0.3, 0.4) is 0 Å². The summed E-state index contributed by atoms with van der Waals surface area (Å²) in [6.07, 6.45) is 5.84. The maximum Gasteiger partial charge on any atom is 0.228 e. The highest BCUT2D eigenvalue weighted by Gasteiger charge is 2.45. The van der Waals surface area contributed by atoms with Gasteiger partial charge in [-0.1, -0.05) is 25.1 Å². The summed E-state index contributed by atoms with van der Waals surface area (Å²) in [6.45, 7) is 4.70. The lowest BCUT2D eigenvalue weighted by Crippen LogP contribution is -2.41. The van der Waals surface area contributed by atoms with Gasteiger partial charge in [-0.3, -0.25) is 9.78 Å². The second-order valence-corrected chi connectivity index (χ2v) is 8.70. The highest BCUT2D eigenvalue weighted by atomic mass is 19.1. The predicted molar refractivity (Wildman–Crippen MR) is 125 cm³/mol. The van der Waals surface area contributed by atoms with Crippen molar-refractivity contribution in [1.82, 2.24) is 4.98 Å². The van der Waals surface area contributed by atoms with Gasteiger partial charge in [-0.15, -0.1) is 0 Å². The summed E-state index contributed by atoms with van der Waals surface area (Å²) >= 11 is 0. The van der Waals surface area contributed by atoms with Crippen LogP contribution >= 0.6 is 0 Å². The van der Waals surface area contributed by atoms with E-state index in [9.17, 15) is 13.6 Å². The molecule has 1 aliphatic heterocycles. The molecule has 1 N–H and O–H groups in total. The molecule has 1 fully saturated rings. The van der Waals surface area contributed by atoms with Gasteiger partial charge in [0.2, 0.25) is 5.91 Å². The highest BCUT2D eigenvalue weighted by Crippen LogP contribution is 2.45. The van der Waals surface area contributed by atoms with Crippen molar-refractivity contribution in [2.75, 3.05) is 11.9 Å². The summed E-state index contributed by atoms with van der Waals surface area (Å²) in [5, 5.41) is 2.87. The number of nitrogens with zero attached hydrogens (tertiary/aromatic N) is 1. The number of carbonyl (C=O) groups excluding carboxylic acids is 1. The smallest absolute Gasteiger partial charge is 0.228 e. The predicted octanol–water partition coefficient (Wildman–Crippen LogP) is 6.34. The Balaban J connectivity index is 1.60. The molecular weight excluding hydrogens is 422 g/mol. The molecule has 172 valence electrons. The summed E-state index contributed by atoms with van der Waals surface area (Å²) in [5.41, 5.74) is 1.20. The van der Waals surface area contributed by atoms with E-state index in [1.165, 1.54) is 24.3 Å². The Morgan fingerprint density at radius 1 is 1.09 bits per heavy atom. The zero-order valence-electron chi connectivity index (χ0n) is 18.9. The number of pyridine rings is 1. The van der Waals surface area contributed by atoms with Crippen LogP contribution in [-0.2, 0) is 9.53 Å². The van der Waals surface area contributed by atoms with Gasteiger partial charge >= 0.3 is 0 Å². The zero-order chi connectivity index (χ0) is 23.4. The van der Waals surface area contributed by atoms with Gasteiger partial charge in [-0.25, -0.2) is 8.78 Å². The SMILES string of the molecule is CC[C@H](C(=O)Nc1ccc(-c2ccccc2F)c(F)c1)[C@H](c1ccncc1)[C@]1(C)CCCO1. The van der Waals surface area contributed by atoms with E-state index in [1.807, 2.05) is 19.1 Å². The number of hydrogen-bond donors (Lipinski definition) is 1. The molecular formula is C27H28F2N2O2. The third-order valence-electron chi connectivity index (χ3n) is 6.55. The maximum absolute atomic E-state index is 14.8. The summed E-state index contributed by atoms with van der Waals surface area (Å²) in [5.74, 6) is -1.85. The Kier molecular flexibility index (Phi) is 6.84. The van der Waals surface area contributed by atoms with Gasteiger partial charge in [0.05, 0.1) is 5.60 Å². The van der Waals surface area contributed by atoms with Crippen molar-refractivity contribution in [2.45, 2.75) is 44.6 Å². The van der Waals surface area contributed by atoms with Gasteiger partial charge in [-0.2, -0.15) is 0 Å². The quantitative estimate of drug-likeness (QED) is 0.457. The number of benzene rings is 2. The van der Waals surface area contributed by atoms with Gasteiger partial charge in [0.25, 0.3) is 0 Å². The number of aromatic nitrogens is 1. The molecule has 0 aliphatic carbocycles. The molecule has 0 bridgehead atoms. The van der Waals surface area contributed by atoms with Crippen LogP contribution in [-0.4, -0.2) is 23.1 Å². The molecule has 1 saturated heterocycles. The third-order valence-corrected chi connectivity index (χ3v) is 6.55. The zero-order valence-corrected chi connectivity index (χ0v) is 18.9. The minimum Gasteiger partial charge on any atom is -0.375 e. The second-order valence-electron chi connectivity index (χ2n) is 8.70. The first-order valence-corrected chi connectivity index (χ1v) is 11.3. The number of rotatable bonds is 7. The van der Waals surface area contributed by atoms with Crippen molar-refractivity contribution in [1.29, 1.82) is 0 Å². The van der Waals surface area contributed by atoms with Gasteiger partial charge in [0, 0.05) is 47.7 Å². The van der Waals surface area contributed by atoms with Gasteiger partial charge in [0.1, 0.15) is 11.6 Å². The van der Waals surface area contributed by atoms with Crippen LogP contribution in [0.25, 0.3) is 11.1 Å². The Morgan fingerprint density at radius 2 is 1.82 bits per heavy atom. The molecule has 2 heterocycles. The van der Waals surface area contributed by atoms with Crippen molar-refractivity contribution in [3.63, 3.8) is 0 Å². The van der Waals surface area contributed by atoms with E-state index in [1.54, 1.807) is 30.6 Å². The molecule has 0 radical (unpaired) electrons. The van der Waals surface area contributed by atoms with Crippen LogP contribution in [0.15, 0.2) is 67.0 Å². The number of amides is 1. The summed E-state index contributed by atoms with van der Waals surface area (Å²) < 4.78 is 35.1. The maximum atomic E-state index is 14.8. The molecule has 1 aliphatic rings. The molecule has 2 aromatic carbocycles. The fraction of sp³-hybridized carbons (Fsp3) is 0.333. The molecule has 3 atom stereocenters. The van der Waals surface area contributed by atoms with E-state index < -0.39 is 17.2 Å².